The van der Waals surface area contributed by atoms with Crippen molar-refractivity contribution in [2.75, 3.05) is 17.7 Å². The van der Waals surface area contributed by atoms with E-state index in [1.54, 1.807) is 0 Å². The van der Waals surface area contributed by atoms with Gasteiger partial charge in [0.25, 0.3) is 0 Å². The molecule has 0 heterocycles. The third kappa shape index (κ3) is 7.36. The third-order valence-corrected chi connectivity index (χ3v) is 9.75. The predicted molar refractivity (Wildman–Crippen MR) is 61.9 cm³/mol. The van der Waals surface area contributed by atoms with Crippen LogP contribution in [0.2, 0.25) is 26.2 Å². The van der Waals surface area contributed by atoms with Crippen LogP contribution in [0, 0.1) is 0 Å². The predicted octanol–water partition coefficient (Wildman–Crippen LogP) is 1.46. The fourth-order valence-corrected chi connectivity index (χ4v) is 9.72. The molecule has 0 aliphatic carbocycles. The molecule has 0 atom stereocenters. The van der Waals surface area contributed by atoms with E-state index in [1.165, 1.54) is 0 Å². The van der Waals surface area contributed by atoms with Crippen molar-refractivity contribution in [2.24, 2.45) is 0 Å². The minimum atomic E-state index is -1.39. The Hall–Kier alpha value is 0.704. The van der Waals surface area contributed by atoms with Crippen molar-refractivity contribution in [3.63, 3.8) is 0 Å². The van der Waals surface area contributed by atoms with Crippen LogP contribution < -0.4 is 0 Å². The molecule has 0 spiro atoms. The van der Waals surface area contributed by atoms with Gasteiger partial charge >= 0.3 is 0 Å². The maximum absolute atomic E-state index is 8.61. The molecule has 0 fully saturated rings. The standard InChI is InChI=1S/C7H20O2SSi2/c1-11(2)9-12(3,4)7-10-6-5-8/h8,11H,5-7H2,1-4H3. The molecular formula is C7H20O2SSi2. The highest BCUT2D eigenvalue weighted by molar-refractivity contribution is 8.00. The maximum Gasteiger partial charge on any atom is 0.183 e. The quantitative estimate of drug-likeness (QED) is 0.547. The van der Waals surface area contributed by atoms with E-state index in [-0.39, 0.29) is 6.61 Å². The molecule has 0 amide bonds. The zero-order valence-corrected chi connectivity index (χ0v) is 11.4. The van der Waals surface area contributed by atoms with Crippen molar-refractivity contribution in [3.8, 4) is 0 Å². The Balaban J connectivity index is 3.56. The first-order chi connectivity index (χ1) is 5.48. The Morgan fingerprint density at radius 2 is 2.00 bits per heavy atom. The fraction of sp³-hybridized carbons (Fsp3) is 1.00. The number of hydrogen-bond donors (Lipinski definition) is 1. The molecule has 0 radical (unpaired) electrons. The zero-order valence-electron chi connectivity index (χ0n) is 8.46. The average Bonchev–Trinajstić information content (AvgIpc) is 1.84. The van der Waals surface area contributed by atoms with E-state index in [0.717, 1.165) is 11.1 Å². The van der Waals surface area contributed by atoms with Crippen molar-refractivity contribution < 1.29 is 9.22 Å². The number of aliphatic hydroxyl groups excluding tert-OH is 1. The van der Waals surface area contributed by atoms with Crippen LogP contribution in [0.4, 0.5) is 0 Å². The molecule has 0 aliphatic heterocycles. The van der Waals surface area contributed by atoms with Crippen molar-refractivity contribution in [1.82, 2.24) is 0 Å². The lowest BCUT2D eigenvalue weighted by Gasteiger charge is -2.25. The van der Waals surface area contributed by atoms with Gasteiger partial charge in [-0.15, -0.1) is 0 Å². The van der Waals surface area contributed by atoms with Crippen LogP contribution in [0.1, 0.15) is 0 Å². The smallest absolute Gasteiger partial charge is 0.183 e. The molecule has 0 aromatic carbocycles. The van der Waals surface area contributed by atoms with Crippen molar-refractivity contribution in [1.29, 1.82) is 0 Å². The van der Waals surface area contributed by atoms with Gasteiger partial charge in [0, 0.05) is 11.1 Å². The summed E-state index contributed by atoms with van der Waals surface area (Å²) in [7, 11) is -2.25. The molecule has 74 valence electrons. The van der Waals surface area contributed by atoms with Gasteiger partial charge in [-0.1, -0.05) is 0 Å². The summed E-state index contributed by atoms with van der Waals surface area (Å²) in [6.07, 6.45) is 0. The van der Waals surface area contributed by atoms with Gasteiger partial charge in [-0.05, 0) is 26.2 Å². The van der Waals surface area contributed by atoms with Crippen LogP contribution in [0.3, 0.4) is 0 Å². The molecule has 0 aromatic heterocycles. The number of thioether (sulfide) groups is 1. The molecule has 5 heteroatoms. The van der Waals surface area contributed by atoms with Gasteiger partial charge < -0.3 is 9.22 Å². The first-order valence-corrected chi connectivity index (χ1v) is 11.4. The van der Waals surface area contributed by atoms with E-state index >= 15 is 0 Å². The van der Waals surface area contributed by atoms with Gasteiger partial charge in [-0.2, -0.15) is 11.8 Å². The monoisotopic (exact) mass is 224 g/mol. The average molecular weight is 224 g/mol. The first kappa shape index (κ1) is 12.7. The zero-order chi connectivity index (χ0) is 9.61. The molecule has 0 saturated carbocycles. The molecule has 0 saturated heterocycles. The maximum atomic E-state index is 8.61. The highest BCUT2D eigenvalue weighted by Gasteiger charge is 2.23. The van der Waals surface area contributed by atoms with Gasteiger partial charge in [-0.3, -0.25) is 0 Å². The van der Waals surface area contributed by atoms with Crippen LogP contribution in [0.25, 0.3) is 0 Å². The van der Waals surface area contributed by atoms with Gasteiger partial charge in [0.05, 0.1) is 6.61 Å². The van der Waals surface area contributed by atoms with Gasteiger partial charge in [0.2, 0.25) is 0 Å². The molecule has 0 aromatic rings. The van der Waals surface area contributed by atoms with Gasteiger partial charge in [-0.25, -0.2) is 0 Å². The largest absolute Gasteiger partial charge is 0.458 e. The first-order valence-electron chi connectivity index (χ1n) is 4.34. The second-order valence-corrected chi connectivity index (χ2v) is 12.2. The summed E-state index contributed by atoms with van der Waals surface area (Å²) in [5, 5.41) is 9.72. The number of rotatable bonds is 6. The minimum absolute atomic E-state index is 0.286. The molecule has 0 bridgehead atoms. The lowest BCUT2D eigenvalue weighted by molar-refractivity contribution is 0.322. The Morgan fingerprint density at radius 1 is 1.42 bits per heavy atom. The van der Waals surface area contributed by atoms with E-state index < -0.39 is 17.4 Å². The molecule has 2 nitrogen and oxygen atoms in total. The second kappa shape index (κ2) is 6.20. The summed E-state index contributed by atoms with van der Waals surface area (Å²) in [5.41, 5.74) is 0. The van der Waals surface area contributed by atoms with E-state index in [4.69, 9.17) is 9.22 Å². The van der Waals surface area contributed by atoms with Crippen LogP contribution >= 0.6 is 11.8 Å². The Kier molecular flexibility index (Phi) is 6.57. The Morgan fingerprint density at radius 3 is 2.42 bits per heavy atom. The summed E-state index contributed by atoms with van der Waals surface area (Å²) in [5.74, 6) is 0.847. The molecule has 0 unspecified atom stereocenters. The van der Waals surface area contributed by atoms with Crippen LogP contribution in [-0.2, 0) is 4.12 Å². The van der Waals surface area contributed by atoms with Crippen molar-refractivity contribution >= 4 is 29.1 Å². The molecule has 0 rings (SSSR count). The summed E-state index contributed by atoms with van der Waals surface area (Å²) in [6.45, 7) is 9.22. The lowest BCUT2D eigenvalue weighted by Crippen LogP contribution is -2.38. The van der Waals surface area contributed by atoms with Crippen molar-refractivity contribution in [2.45, 2.75) is 26.2 Å². The van der Waals surface area contributed by atoms with Gasteiger partial charge in [0.1, 0.15) is 0 Å². The summed E-state index contributed by atoms with van der Waals surface area (Å²) < 4.78 is 5.96. The fourth-order valence-electron chi connectivity index (χ4n) is 1.05. The Labute approximate surface area is 82.6 Å². The SMILES string of the molecule is C[SiH](C)O[Si](C)(C)CSCCO. The third-order valence-electron chi connectivity index (χ3n) is 1.24. The lowest BCUT2D eigenvalue weighted by atomic mass is 10.9. The van der Waals surface area contributed by atoms with Crippen LogP contribution in [0.15, 0.2) is 0 Å². The van der Waals surface area contributed by atoms with Crippen LogP contribution in [-0.4, -0.2) is 40.2 Å². The van der Waals surface area contributed by atoms with E-state index in [2.05, 4.69) is 26.2 Å². The normalized spacial score (nSPS) is 12.5. The number of aliphatic hydroxyl groups is 1. The molecule has 12 heavy (non-hydrogen) atoms. The number of hydrogen-bond acceptors (Lipinski definition) is 3. The summed E-state index contributed by atoms with van der Waals surface area (Å²) in [6, 6.07) is 0. The highest BCUT2D eigenvalue weighted by atomic mass is 32.2. The topological polar surface area (TPSA) is 29.5 Å². The summed E-state index contributed by atoms with van der Waals surface area (Å²) in [4.78, 5) is 0. The Bertz CT molecular complexity index is 120. The van der Waals surface area contributed by atoms with E-state index in [1.807, 2.05) is 11.8 Å². The molecular weight excluding hydrogens is 204 g/mol. The highest BCUT2D eigenvalue weighted by Crippen LogP contribution is 2.13. The van der Waals surface area contributed by atoms with Crippen LogP contribution in [0.5, 0.6) is 0 Å². The second-order valence-electron chi connectivity index (χ2n) is 3.70. The minimum Gasteiger partial charge on any atom is -0.458 e. The van der Waals surface area contributed by atoms with Crippen molar-refractivity contribution in [3.05, 3.63) is 0 Å². The molecule has 1 N–H and O–H groups in total. The van der Waals surface area contributed by atoms with E-state index in [9.17, 15) is 0 Å². The molecule has 0 aliphatic rings. The summed E-state index contributed by atoms with van der Waals surface area (Å²) >= 11 is 1.81. The van der Waals surface area contributed by atoms with Gasteiger partial charge in [0.15, 0.2) is 17.4 Å². The van der Waals surface area contributed by atoms with E-state index in [0.29, 0.717) is 0 Å².